The Kier molecular flexibility index (Phi) is 4.07. The number of hydrogen-bond donors (Lipinski definition) is 1. The molecule has 74 valence electrons. The van der Waals surface area contributed by atoms with E-state index in [-0.39, 0.29) is 4.21 Å². The average molecular weight is 332 g/mol. The van der Waals surface area contributed by atoms with Crippen molar-refractivity contribution in [1.82, 2.24) is 9.71 Å². The zero-order valence-corrected chi connectivity index (χ0v) is 10.7. The number of rotatable bonds is 4. The van der Waals surface area contributed by atoms with Crippen LogP contribution in [0.5, 0.6) is 0 Å². The second-order valence-electron chi connectivity index (χ2n) is 2.29. The van der Waals surface area contributed by atoms with Crippen molar-refractivity contribution in [3.63, 3.8) is 0 Å². The first-order valence-corrected chi connectivity index (χ1v) is 7.37. The number of hydrogen-bond acceptors (Lipinski definition) is 4. The van der Waals surface area contributed by atoms with Gasteiger partial charge in [-0.2, -0.15) is 0 Å². The van der Waals surface area contributed by atoms with E-state index in [1.54, 1.807) is 6.92 Å². The third-order valence-electron chi connectivity index (χ3n) is 1.25. The molecule has 4 nitrogen and oxygen atoms in total. The maximum atomic E-state index is 11.5. The van der Waals surface area contributed by atoms with E-state index in [2.05, 4.69) is 32.3 Å². The van der Waals surface area contributed by atoms with Crippen molar-refractivity contribution in [2.24, 2.45) is 0 Å². The van der Waals surface area contributed by atoms with Crippen LogP contribution in [0.25, 0.3) is 0 Å². The third kappa shape index (κ3) is 3.15. The maximum Gasteiger partial charge on any atom is 0.251 e. The van der Waals surface area contributed by atoms with Gasteiger partial charge in [0.15, 0.2) is 4.21 Å². The molecular weight excluding hydrogens is 323 g/mol. The summed E-state index contributed by atoms with van der Waals surface area (Å²) in [7, 11) is -3.30. The van der Waals surface area contributed by atoms with Crippen molar-refractivity contribution in [2.45, 2.75) is 11.1 Å². The molecule has 1 heterocycles. The quantitative estimate of drug-likeness (QED) is 0.665. The molecule has 0 aromatic carbocycles. The lowest BCUT2D eigenvalue weighted by Crippen LogP contribution is -2.24. The van der Waals surface area contributed by atoms with Crippen LogP contribution in [0.15, 0.2) is 10.4 Å². The molecule has 1 aromatic heterocycles. The van der Waals surface area contributed by atoms with Gasteiger partial charge in [0.2, 0.25) is 0 Å². The summed E-state index contributed by atoms with van der Waals surface area (Å²) >= 11 is 3.29. The number of aryl methyl sites for hydroxylation is 1. The van der Waals surface area contributed by atoms with Crippen LogP contribution in [0.2, 0.25) is 0 Å². The zero-order valence-electron chi connectivity index (χ0n) is 6.95. The standard InChI is InChI=1S/C6H9IN2O2S2/c1-5-8-4-6(12-5)13(10,11)9-3-2-7/h4,9H,2-3H2,1H3. The summed E-state index contributed by atoms with van der Waals surface area (Å²) in [5, 5.41) is 0.759. The first kappa shape index (κ1) is 11.3. The Hall–Kier alpha value is 0.270. The molecule has 0 spiro atoms. The molecular formula is C6H9IN2O2S2. The molecule has 0 aliphatic rings. The SMILES string of the molecule is Cc1ncc(S(=O)(=O)NCCI)s1. The largest absolute Gasteiger partial charge is 0.251 e. The second-order valence-corrected chi connectivity index (χ2v) is 6.59. The van der Waals surface area contributed by atoms with Crippen molar-refractivity contribution < 1.29 is 8.42 Å². The molecule has 0 radical (unpaired) electrons. The van der Waals surface area contributed by atoms with Gasteiger partial charge in [-0.05, 0) is 6.92 Å². The first-order valence-electron chi connectivity index (χ1n) is 3.54. The van der Waals surface area contributed by atoms with Gasteiger partial charge in [-0.25, -0.2) is 18.1 Å². The van der Waals surface area contributed by atoms with Crippen molar-refractivity contribution >= 4 is 44.0 Å². The Bertz CT molecular complexity index is 374. The number of alkyl halides is 1. The smallest absolute Gasteiger partial charge is 0.249 e. The van der Waals surface area contributed by atoms with Crippen LogP contribution in [0.3, 0.4) is 0 Å². The number of nitrogens with zero attached hydrogens (tertiary/aromatic N) is 1. The van der Waals surface area contributed by atoms with Crippen molar-refractivity contribution in [3.8, 4) is 0 Å². The molecule has 0 aliphatic carbocycles. The van der Waals surface area contributed by atoms with E-state index in [0.717, 1.165) is 9.44 Å². The number of sulfonamides is 1. The number of halogens is 1. The van der Waals surface area contributed by atoms with Gasteiger partial charge in [-0.15, -0.1) is 11.3 Å². The fraction of sp³-hybridized carbons (Fsp3) is 0.500. The topological polar surface area (TPSA) is 59.1 Å². The number of nitrogens with one attached hydrogen (secondary N) is 1. The van der Waals surface area contributed by atoms with Gasteiger partial charge < -0.3 is 0 Å². The van der Waals surface area contributed by atoms with Gasteiger partial charge in [0.1, 0.15) is 0 Å². The fourth-order valence-electron chi connectivity index (χ4n) is 0.710. The molecule has 1 N–H and O–H groups in total. The molecule has 0 fully saturated rings. The number of thiazole rings is 1. The highest BCUT2D eigenvalue weighted by Crippen LogP contribution is 2.16. The molecule has 7 heteroatoms. The average Bonchev–Trinajstić information content (AvgIpc) is 2.49. The third-order valence-corrected chi connectivity index (χ3v) is 4.63. The Morgan fingerprint density at radius 1 is 1.69 bits per heavy atom. The molecule has 0 aliphatic heterocycles. The predicted molar refractivity (Wildman–Crippen MR) is 60.9 cm³/mol. The van der Waals surface area contributed by atoms with Gasteiger partial charge in [0, 0.05) is 11.0 Å². The van der Waals surface area contributed by atoms with E-state index in [1.165, 1.54) is 17.5 Å². The Balaban J connectivity index is 2.82. The predicted octanol–water partition coefficient (Wildman–Crippen LogP) is 1.16. The van der Waals surface area contributed by atoms with Crippen LogP contribution in [0.4, 0.5) is 0 Å². The summed E-state index contributed by atoms with van der Waals surface area (Å²) in [6.45, 7) is 2.24. The summed E-state index contributed by atoms with van der Waals surface area (Å²) in [4.78, 5) is 3.89. The van der Waals surface area contributed by atoms with Crippen molar-refractivity contribution in [2.75, 3.05) is 11.0 Å². The lowest BCUT2D eigenvalue weighted by Gasteiger charge is -2.00. The Morgan fingerprint density at radius 3 is 2.85 bits per heavy atom. The van der Waals surface area contributed by atoms with Gasteiger partial charge >= 0.3 is 0 Å². The highest BCUT2D eigenvalue weighted by molar-refractivity contribution is 14.1. The molecule has 0 bridgehead atoms. The first-order chi connectivity index (χ1) is 6.06. The molecule has 0 amide bonds. The van der Waals surface area contributed by atoms with Gasteiger partial charge in [0.25, 0.3) is 10.0 Å². The molecule has 0 saturated carbocycles. The van der Waals surface area contributed by atoms with Crippen LogP contribution in [0, 0.1) is 6.92 Å². The van der Waals surface area contributed by atoms with Crippen LogP contribution < -0.4 is 4.72 Å². The molecule has 0 saturated heterocycles. The summed E-state index contributed by atoms with van der Waals surface area (Å²) in [6, 6.07) is 0. The normalized spacial score (nSPS) is 11.8. The van der Waals surface area contributed by atoms with Crippen LogP contribution in [0.1, 0.15) is 5.01 Å². The lowest BCUT2D eigenvalue weighted by atomic mass is 10.8. The highest BCUT2D eigenvalue weighted by Gasteiger charge is 2.15. The number of aromatic nitrogens is 1. The highest BCUT2D eigenvalue weighted by atomic mass is 127. The van der Waals surface area contributed by atoms with Gasteiger partial charge in [-0.1, -0.05) is 22.6 Å². The van der Waals surface area contributed by atoms with E-state index in [9.17, 15) is 8.42 Å². The fourth-order valence-corrected chi connectivity index (χ4v) is 3.53. The molecule has 1 aromatic rings. The van der Waals surface area contributed by atoms with E-state index in [0.29, 0.717) is 6.54 Å². The molecule has 0 atom stereocenters. The van der Waals surface area contributed by atoms with Crippen molar-refractivity contribution in [1.29, 1.82) is 0 Å². The van der Waals surface area contributed by atoms with E-state index in [1.807, 2.05) is 0 Å². The summed E-state index contributed by atoms with van der Waals surface area (Å²) in [6.07, 6.45) is 1.38. The van der Waals surface area contributed by atoms with E-state index in [4.69, 9.17) is 0 Å². The summed E-state index contributed by atoms with van der Waals surface area (Å²) in [5.74, 6) is 0. The minimum Gasteiger partial charge on any atom is -0.249 e. The Labute approximate surface area is 95.0 Å². The summed E-state index contributed by atoms with van der Waals surface area (Å²) < 4.78 is 26.4. The molecule has 0 unspecified atom stereocenters. The van der Waals surface area contributed by atoms with Gasteiger partial charge in [0.05, 0.1) is 11.2 Å². The zero-order chi connectivity index (χ0) is 9.90. The monoisotopic (exact) mass is 332 g/mol. The molecule has 13 heavy (non-hydrogen) atoms. The van der Waals surface area contributed by atoms with Crippen LogP contribution in [-0.2, 0) is 10.0 Å². The lowest BCUT2D eigenvalue weighted by molar-refractivity contribution is 0.586. The van der Waals surface area contributed by atoms with Crippen LogP contribution in [-0.4, -0.2) is 24.4 Å². The summed E-state index contributed by atoms with van der Waals surface area (Å²) in [5.41, 5.74) is 0. The maximum absolute atomic E-state index is 11.5. The van der Waals surface area contributed by atoms with Gasteiger partial charge in [-0.3, -0.25) is 0 Å². The van der Waals surface area contributed by atoms with Crippen molar-refractivity contribution in [3.05, 3.63) is 11.2 Å². The second kappa shape index (κ2) is 4.67. The minimum absolute atomic E-state index is 0.287. The van der Waals surface area contributed by atoms with Crippen LogP contribution >= 0.6 is 33.9 Å². The minimum atomic E-state index is -3.30. The Morgan fingerprint density at radius 2 is 2.38 bits per heavy atom. The molecule has 1 rings (SSSR count). The van der Waals surface area contributed by atoms with E-state index < -0.39 is 10.0 Å². The van der Waals surface area contributed by atoms with E-state index >= 15 is 0 Å².